The Hall–Kier alpha value is -2.93. The number of phenols is 2. The minimum Gasteiger partial charge on any atom is -0.507 e. The lowest BCUT2D eigenvalue weighted by Gasteiger charge is -2.13. The van der Waals surface area contributed by atoms with Gasteiger partial charge in [0.05, 0.1) is 12.1 Å². The van der Waals surface area contributed by atoms with Gasteiger partial charge in [0, 0.05) is 30.1 Å². The molecule has 0 heterocycles. The molecule has 8 heteroatoms. The van der Waals surface area contributed by atoms with Gasteiger partial charge >= 0.3 is 5.97 Å². The molecule has 0 fully saturated rings. The number of carbonyl (C=O) groups is 4. The minimum atomic E-state index is -0.867. The topological polar surface area (TPSA) is 118 Å². The molecule has 0 atom stereocenters. The van der Waals surface area contributed by atoms with E-state index < -0.39 is 23.3 Å². The Morgan fingerprint density at radius 1 is 1.11 bits per heavy atom. The van der Waals surface area contributed by atoms with Crippen LogP contribution < -0.4 is 0 Å². The highest BCUT2D eigenvalue weighted by Gasteiger charge is 2.24. The van der Waals surface area contributed by atoms with E-state index >= 15 is 0 Å². The molecule has 0 spiro atoms. The van der Waals surface area contributed by atoms with Crippen LogP contribution in [0, 0.1) is 0 Å². The van der Waals surface area contributed by atoms with Gasteiger partial charge in [0.25, 0.3) is 0 Å². The Kier molecular flexibility index (Phi) is 6.17. The van der Waals surface area contributed by atoms with Crippen molar-refractivity contribution in [1.29, 1.82) is 0 Å². The van der Waals surface area contributed by atoms with Crippen LogP contribution in [0.25, 0.3) is 0 Å². The Labute approximate surface area is 159 Å². The summed E-state index contributed by atoms with van der Waals surface area (Å²) in [5.41, 5.74) is 0.217. The predicted molar refractivity (Wildman–Crippen MR) is 95.9 cm³/mol. The van der Waals surface area contributed by atoms with Crippen molar-refractivity contribution in [2.45, 2.75) is 26.2 Å². The van der Waals surface area contributed by atoms with Gasteiger partial charge < -0.3 is 14.9 Å². The number of halogens is 1. The quantitative estimate of drug-likeness (QED) is 0.563. The normalized spacial score (nSPS) is 13.9. The van der Waals surface area contributed by atoms with E-state index in [1.165, 1.54) is 13.0 Å². The third-order valence-electron chi connectivity index (χ3n) is 4.11. The van der Waals surface area contributed by atoms with E-state index in [-0.39, 0.29) is 52.6 Å². The summed E-state index contributed by atoms with van der Waals surface area (Å²) >= 11 is 6.01. The monoisotopic (exact) mass is 392 g/mol. The maximum absolute atomic E-state index is 12.2. The van der Waals surface area contributed by atoms with Crippen LogP contribution in [0.2, 0.25) is 5.02 Å². The number of phenolic OH excluding ortho intramolecular Hbond substituents is 2. The zero-order chi connectivity index (χ0) is 20.3. The van der Waals surface area contributed by atoms with Gasteiger partial charge in [0.15, 0.2) is 11.6 Å². The fraction of sp³-hybridized carbons (Fsp3) is 0.263. The molecular formula is C19H17ClO7. The second-order valence-electron chi connectivity index (χ2n) is 6.01. The third kappa shape index (κ3) is 4.43. The average Bonchev–Trinajstić information content (AvgIpc) is 2.60. The molecule has 1 aliphatic rings. The van der Waals surface area contributed by atoms with Gasteiger partial charge in [-0.15, -0.1) is 0 Å². The molecule has 2 N–H and O–H groups in total. The molecule has 0 saturated heterocycles. The van der Waals surface area contributed by atoms with Crippen LogP contribution in [-0.2, 0) is 25.5 Å². The number of benzene rings is 1. The van der Waals surface area contributed by atoms with E-state index in [4.69, 9.17) is 11.6 Å². The summed E-state index contributed by atoms with van der Waals surface area (Å²) in [5.74, 6) is -2.93. The third-order valence-corrected chi connectivity index (χ3v) is 4.53. The van der Waals surface area contributed by atoms with E-state index in [1.54, 1.807) is 0 Å². The summed E-state index contributed by atoms with van der Waals surface area (Å²) in [4.78, 5) is 47.7. The van der Waals surface area contributed by atoms with Gasteiger partial charge in [-0.05, 0) is 31.1 Å². The molecule has 0 saturated carbocycles. The lowest BCUT2D eigenvalue weighted by molar-refractivity contribution is -0.120. The molecule has 1 aromatic carbocycles. The predicted octanol–water partition coefficient (Wildman–Crippen LogP) is 2.45. The Balaban J connectivity index is 2.18. The van der Waals surface area contributed by atoms with Crippen LogP contribution in [0.3, 0.4) is 0 Å². The standard InChI is InChI=1S/C19H17ClO7/c1-9-5-14(23)10(7-13(9)22)6-11(21)3-4-12-17(19(26)27-2)15(24)8-16(25)18(12)20/h5,7-8,24-25H,3-4,6H2,1-2H3. The number of ketones is 3. The Morgan fingerprint density at radius 2 is 1.78 bits per heavy atom. The first-order chi connectivity index (χ1) is 12.6. The number of hydrogen-bond acceptors (Lipinski definition) is 7. The fourth-order valence-electron chi connectivity index (χ4n) is 2.66. The molecule has 1 aliphatic carbocycles. The van der Waals surface area contributed by atoms with Crippen LogP contribution >= 0.6 is 11.6 Å². The highest BCUT2D eigenvalue weighted by molar-refractivity contribution is 6.33. The van der Waals surface area contributed by atoms with Crippen LogP contribution in [-0.4, -0.2) is 40.6 Å². The van der Waals surface area contributed by atoms with Crippen molar-refractivity contribution in [2.75, 3.05) is 7.11 Å². The molecule has 142 valence electrons. The number of ether oxygens (including phenoxy) is 1. The highest BCUT2D eigenvalue weighted by Crippen LogP contribution is 2.37. The molecule has 7 nitrogen and oxygen atoms in total. The van der Waals surface area contributed by atoms with Crippen molar-refractivity contribution in [3.63, 3.8) is 0 Å². The zero-order valence-corrected chi connectivity index (χ0v) is 15.4. The molecule has 1 aromatic rings. The number of hydrogen-bond donors (Lipinski definition) is 2. The minimum absolute atomic E-state index is 0.0603. The molecule has 0 aliphatic heterocycles. The van der Waals surface area contributed by atoms with Gasteiger partial charge in [-0.1, -0.05) is 11.6 Å². The average molecular weight is 393 g/mol. The molecule has 0 bridgehead atoms. The second-order valence-corrected chi connectivity index (χ2v) is 6.39. The van der Waals surface area contributed by atoms with Gasteiger partial charge in [-0.2, -0.15) is 0 Å². The summed E-state index contributed by atoms with van der Waals surface area (Å²) in [5, 5.41) is 19.5. The van der Waals surface area contributed by atoms with E-state index in [2.05, 4.69) is 4.74 Å². The fourth-order valence-corrected chi connectivity index (χ4v) is 2.90. The first-order valence-electron chi connectivity index (χ1n) is 7.96. The van der Waals surface area contributed by atoms with E-state index in [0.717, 1.165) is 19.3 Å². The lowest BCUT2D eigenvalue weighted by atomic mass is 9.92. The lowest BCUT2D eigenvalue weighted by Crippen LogP contribution is -2.15. The van der Waals surface area contributed by atoms with Crippen molar-refractivity contribution in [1.82, 2.24) is 0 Å². The van der Waals surface area contributed by atoms with Crippen molar-refractivity contribution >= 4 is 34.9 Å². The molecule has 0 aromatic heterocycles. The van der Waals surface area contributed by atoms with Crippen molar-refractivity contribution in [3.05, 3.63) is 45.5 Å². The summed E-state index contributed by atoms with van der Waals surface area (Å²) in [7, 11) is 1.12. The van der Waals surface area contributed by atoms with E-state index in [1.807, 2.05) is 0 Å². The van der Waals surface area contributed by atoms with Gasteiger partial charge in [0.2, 0.25) is 0 Å². The molecule has 0 unspecified atom stereocenters. The molecule has 27 heavy (non-hydrogen) atoms. The van der Waals surface area contributed by atoms with Crippen molar-refractivity contribution < 1.29 is 34.1 Å². The van der Waals surface area contributed by atoms with Crippen molar-refractivity contribution in [2.24, 2.45) is 0 Å². The second kappa shape index (κ2) is 8.18. The summed E-state index contributed by atoms with van der Waals surface area (Å²) in [6.45, 7) is 1.51. The molecule has 2 rings (SSSR count). The first-order valence-corrected chi connectivity index (χ1v) is 8.34. The number of esters is 1. The Bertz CT molecular complexity index is 909. The summed E-state index contributed by atoms with van der Waals surface area (Å²) < 4.78 is 4.60. The molecule has 0 radical (unpaired) electrons. The van der Waals surface area contributed by atoms with Crippen LogP contribution in [0.5, 0.6) is 11.5 Å². The summed E-state index contributed by atoms with van der Waals surface area (Å²) in [6, 6.07) is 0.908. The van der Waals surface area contributed by atoms with E-state index in [9.17, 15) is 29.4 Å². The number of Topliss-reactive ketones (excluding diaryl/α,β-unsaturated/α-hetero) is 1. The Morgan fingerprint density at radius 3 is 2.41 bits per heavy atom. The number of allylic oxidation sites excluding steroid dienone is 4. The number of methoxy groups -OCH3 is 1. The smallest absolute Gasteiger partial charge is 0.341 e. The van der Waals surface area contributed by atoms with Crippen LogP contribution in [0.4, 0.5) is 0 Å². The highest BCUT2D eigenvalue weighted by atomic mass is 35.5. The van der Waals surface area contributed by atoms with Crippen LogP contribution in [0.1, 0.15) is 35.7 Å². The molecular weight excluding hydrogens is 376 g/mol. The van der Waals surface area contributed by atoms with Gasteiger partial charge in [0.1, 0.15) is 22.8 Å². The first kappa shape index (κ1) is 20.4. The number of rotatable bonds is 6. The summed E-state index contributed by atoms with van der Waals surface area (Å²) in [6.07, 6.45) is 1.87. The zero-order valence-electron chi connectivity index (χ0n) is 14.7. The number of carbonyl (C=O) groups excluding carboxylic acids is 4. The largest absolute Gasteiger partial charge is 0.507 e. The number of aromatic hydroxyl groups is 2. The van der Waals surface area contributed by atoms with Gasteiger partial charge in [-0.3, -0.25) is 14.4 Å². The maximum atomic E-state index is 12.2. The van der Waals surface area contributed by atoms with Crippen molar-refractivity contribution in [3.8, 4) is 11.5 Å². The maximum Gasteiger partial charge on any atom is 0.341 e. The van der Waals surface area contributed by atoms with Crippen LogP contribution in [0.15, 0.2) is 29.4 Å². The SMILES string of the molecule is COC(=O)c1c(O)cc(O)c(Cl)c1CCC(=O)CC1=CC(=O)C(C)=CC1=O. The van der Waals surface area contributed by atoms with E-state index in [0.29, 0.717) is 5.57 Å². The molecule has 0 amide bonds. The van der Waals surface area contributed by atoms with Gasteiger partial charge in [-0.25, -0.2) is 4.79 Å².